The van der Waals surface area contributed by atoms with E-state index in [1.54, 1.807) is 0 Å². The maximum Gasteiger partial charge on any atom is 0.311 e. The van der Waals surface area contributed by atoms with Crippen molar-refractivity contribution in [1.29, 1.82) is 0 Å². The van der Waals surface area contributed by atoms with Crippen LogP contribution in [0.2, 0.25) is 0 Å². The van der Waals surface area contributed by atoms with Gasteiger partial charge in [-0.15, -0.1) is 0 Å². The molecule has 0 saturated heterocycles. The van der Waals surface area contributed by atoms with E-state index in [1.807, 2.05) is 28.8 Å². The van der Waals surface area contributed by atoms with Gasteiger partial charge in [-0.1, -0.05) is 6.07 Å². The molecule has 3 fully saturated rings. The van der Waals surface area contributed by atoms with Crippen molar-refractivity contribution >= 4 is 11.6 Å². The number of fused-ring (bicyclic) bond motifs is 1. The predicted octanol–water partition coefficient (Wildman–Crippen LogP) is 1.93. The van der Waals surface area contributed by atoms with Crippen LogP contribution in [0.4, 0.5) is 0 Å². The number of aromatic nitrogens is 2. The van der Waals surface area contributed by atoms with Crippen LogP contribution in [0.3, 0.4) is 0 Å². The Bertz CT molecular complexity index is 606. The number of carbonyl (C=O) groups excluding carboxylic acids is 1. The van der Waals surface area contributed by atoms with Crippen molar-refractivity contribution in [2.45, 2.75) is 24.7 Å². The lowest BCUT2D eigenvalue weighted by Crippen LogP contribution is -2.68. The van der Waals surface area contributed by atoms with Crippen molar-refractivity contribution < 1.29 is 9.53 Å². The van der Waals surface area contributed by atoms with Crippen LogP contribution in [0, 0.1) is 5.41 Å². The van der Waals surface area contributed by atoms with Gasteiger partial charge in [-0.05, 0) is 31.4 Å². The zero-order valence-electron chi connectivity index (χ0n) is 10.2. The molecule has 0 amide bonds. The van der Waals surface area contributed by atoms with Crippen LogP contribution < -0.4 is 0 Å². The molecule has 3 aliphatic carbocycles. The summed E-state index contributed by atoms with van der Waals surface area (Å²) < 4.78 is 6.91. The molecular weight excluding hydrogens is 228 g/mol. The second kappa shape index (κ2) is 2.94. The lowest BCUT2D eigenvalue weighted by molar-refractivity contribution is -0.198. The molecule has 2 heterocycles. The van der Waals surface area contributed by atoms with Crippen LogP contribution in [0.25, 0.3) is 5.65 Å². The summed E-state index contributed by atoms with van der Waals surface area (Å²) in [5, 5.41) is 0. The molecule has 3 aliphatic rings. The summed E-state index contributed by atoms with van der Waals surface area (Å²) in [6.07, 6.45) is 6.80. The fourth-order valence-electron chi connectivity index (χ4n) is 3.68. The number of hydrogen-bond acceptors (Lipinski definition) is 3. The second-order valence-electron chi connectivity index (χ2n) is 5.67. The summed E-state index contributed by atoms with van der Waals surface area (Å²) in [4.78, 5) is 16.3. The quantitative estimate of drug-likeness (QED) is 0.756. The van der Waals surface area contributed by atoms with Gasteiger partial charge >= 0.3 is 5.97 Å². The first-order chi connectivity index (χ1) is 8.67. The number of pyridine rings is 1. The molecule has 0 aromatic carbocycles. The van der Waals surface area contributed by atoms with Gasteiger partial charge in [0, 0.05) is 17.8 Å². The van der Waals surface area contributed by atoms with Gasteiger partial charge in [0.1, 0.15) is 5.65 Å². The average molecular weight is 242 g/mol. The zero-order chi connectivity index (χ0) is 12.4. The molecule has 0 atom stereocenters. The van der Waals surface area contributed by atoms with E-state index in [0.29, 0.717) is 0 Å². The van der Waals surface area contributed by atoms with Crippen molar-refractivity contribution in [3.05, 3.63) is 36.3 Å². The minimum atomic E-state index is -0.190. The third kappa shape index (κ3) is 1.01. The maximum atomic E-state index is 11.7. The van der Waals surface area contributed by atoms with E-state index in [2.05, 4.69) is 11.2 Å². The third-order valence-corrected chi connectivity index (χ3v) is 4.56. The molecule has 4 heteroatoms. The summed E-state index contributed by atoms with van der Waals surface area (Å²) in [5.74, 6) is -0.0480. The SMILES string of the molecule is COC(=O)C12CC(c3cn4ccccc4n3)(C1)C2. The van der Waals surface area contributed by atoms with Gasteiger partial charge in [-0.3, -0.25) is 4.79 Å². The van der Waals surface area contributed by atoms with Crippen LogP contribution >= 0.6 is 0 Å². The minimum absolute atomic E-state index is 0.0480. The molecule has 0 spiro atoms. The molecule has 0 aliphatic heterocycles. The molecule has 0 radical (unpaired) electrons. The number of imidazole rings is 1. The van der Waals surface area contributed by atoms with E-state index in [1.165, 1.54) is 7.11 Å². The van der Waals surface area contributed by atoms with E-state index in [-0.39, 0.29) is 16.8 Å². The highest BCUT2D eigenvalue weighted by atomic mass is 16.5. The fraction of sp³-hybridized carbons (Fsp3) is 0.429. The normalized spacial score (nSPS) is 32.7. The summed E-state index contributed by atoms with van der Waals surface area (Å²) >= 11 is 0. The number of esters is 1. The van der Waals surface area contributed by atoms with Crippen LogP contribution in [-0.2, 0) is 14.9 Å². The lowest BCUT2D eigenvalue weighted by Gasteiger charge is -2.67. The number of carbonyl (C=O) groups is 1. The van der Waals surface area contributed by atoms with Crippen LogP contribution in [-0.4, -0.2) is 22.5 Å². The molecule has 92 valence electrons. The Morgan fingerprint density at radius 2 is 2.17 bits per heavy atom. The fourth-order valence-corrected chi connectivity index (χ4v) is 3.68. The largest absolute Gasteiger partial charge is 0.469 e. The van der Waals surface area contributed by atoms with E-state index in [9.17, 15) is 4.79 Å². The summed E-state index contributed by atoms with van der Waals surface area (Å²) in [5.41, 5.74) is 2.05. The van der Waals surface area contributed by atoms with Gasteiger partial charge in [-0.25, -0.2) is 4.98 Å². The molecule has 5 rings (SSSR count). The summed E-state index contributed by atoms with van der Waals surface area (Å²) in [6, 6.07) is 5.99. The van der Waals surface area contributed by atoms with Crippen LogP contribution in [0.5, 0.6) is 0 Å². The molecule has 0 N–H and O–H groups in total. The van der Waals surface area contributed by atoms with Crippen molar-refractivity contribution in [3.8, 4) is 0 Å². The first-order valence-corrected chi connectivity index (χ1v) is 6.20. The van der Waals surface area contributed by atoms with Gasteiger partial charge in [0.25, 0.3) is 0 Å². The van der Waals surface area contributed by atoms with E-state index in [0.717, 1.165) is 30.6 Å². The van der Waals surface area contributed by atoms with Gasteiger partial charge in [0.05, 0.1) is 18.2 Å². The Labute approximate surface area is 105 Å². The topological polar surface area (TPSA) is 43.6 Å². The molecule has 18 heavy (non-hydrogen) atoms. The highest BCUT2D eigenvalue weighted by molar-refractivity contribution is 5.82. The highest BCUT2D eigenvalue weighted by Crippen LogP contribution is 2.73. The molecule has 2 aromatic rings. The van der Waals surface area contributed by atoms with E-state index >= 15 is 0 Å². The number of methoxy groups -OCH3 is 1. The molecule has 0 unspecified atom stereocenters. The van der Waals surface area contributed by atoms with Gasteiger partial charge in [-0.2, -0.15) is 0 Å². The summed E-state index contributed by atoms with van der Waals surface area (Å²) in [7, 11) is 1.47. The van der Waals surface area contributed by atoms with Crippen molar-refractivity contribution in [2.24, 2.45) is 5.41 Å². The highest BCUT2D eigenvalue weighted by Gasteiger charge is 2.73. The van der Waals surface area contributed by atoms with Gasteiger partial charge in [0.2, 0.25) is 0 Å². The number of hydrogen-bond donors (Lipinski definition) is 0. The molecule has 2 bridgehead atoms. The van der Waals surface area contributed by atoms with Crippen molar-refractivity contribution in [1.82, 2.24) is 9.38 Å². The third-order valence-electron chi connectivity index (χ3n) is 4.56. The standard InChI is InChI=1S/C14H14N2O2/c1-18-12(17)14-7-13(8-14,9-14)10-6-16-5-3-2-4-11(16)15-10/h2-6H,7-9H2,1H3. The monoisotopic (exact) mass is 242 g/mol. The smallest absolute Gasteiger partial charge is 0.311 e. The van der Waals surface area contributed by atoms with E-state index in [4.69, 9.17) is 4.74 Å². The maximum absolute atomic E-state index is 11.7. The molecule has 3 saturated carbocycles. The number of ether oxygens (including phenoxy) is 1. The Morgan fingerprint density at radius 3 is 2.83 bits per heavy atom. The Morgan fingerprint density at radius 1 is 1.39 bits per heavy atom. The Balaban J connectivity index is 1.66. The molecule has 4 nitrogen and oxygen atoms in total. The van der Waals surface area contributed by atoms with Crippen molar-refractivity contribution in [2.75, 3.05) is 7.11 Å². The lowest BCUT2D eigenvalue weighted by atomic mass is 9.34. The minimum Gasteiger partial charge on any atom is -0.469 e. The Hall–Kier alpha value is -1.84. The zero-order valence-corrected chi connectivity index (χ0v) is 10.2. The molecule has 2 aromatic heterocycles. The predicted molar refractivity (Wildman–Crippen MR) is 65.2 cm³/mol. The van der Waals surface area contributed by atoms with Crippen LogP contribution in [0.1, 0.15) is 25.0 Å². The first-order valence-electron chi connectivity index (χ1n) is 6.20. The summed E-state index contributed by atoms with van der Waals surface area (Å²) in [6.45, 7) is 0. The van der Waals surface area contributed by atoms with Crippen LogP contribution in [0.15, 0.2) is 30.6 Å². The second-order valence-corrected chi connectivity index (χ2v) is 5.67. The van der Waals surface area contributed by atoms with E-state index < -0.39 is 0 Å². The number of nitrogens with zero attached hydrogens (tertiary/aromatic N) is 2. The average Bonchev–Trinajstić information content (AvgIpc) is 2.68. The first kappa shape index (κ1) is 10.1. The number of rotatable bonds is 2. The molecular formula is C14H14N2O2. The Kier molecular flexibility index (Phi) is 1.65. The van der Waals surface area contributed by atoms with Gasteiger partial charge < -0.3 is 9.14 Å². The van der Waals surface area contributed by atoms with Gasteiger partial charge in [0.15, 0.2) is 0 Å². The van der Waals surface area contributed by atoms with Crippen molar-refractivity contribution in [3.63, 3.8) is 0 Å².